The zero-order valence-corrected chi connectivity index (χ0v) is 18.5. The molecule has 8 nitrogen and oxygen atoms in total. The van der Waals surface area contributed by atoms with E-state index in [9.17, 15) is 13.2 Å². The van der Waals surface area contributed by atoms with Gasteiger partial charge in [0.25, 0.3) is 15.9 Å². The van der Waals surface area contributed by atoms with Gasteiger partial charge in [-0.15, -0.1) is 0 Å². The fraction of sp³-hybridized carbons (Fsp3) is 0.364. The van der Waals surface area contributed by atoms with Crippen molar-refractivity contribution in [1.29, 1.82) is 0 Å². The molecule has 1 aromatic carbocycles. The predicted molar refractivity (Wildman–Crippen MR) is 115 cm³/mol. The summed E-state index contributed by atoms with van der Waals surface area (Å²) in [6, 6.07) is 12.7. The second-order valence-electron chi connectivity index (χ2n) is 7.82. The summed E-state index contributed by atoms with van der Waals surface area (Å²) >= 11 is 0. The summed E-state index contributed by atoms with van der Waals surface area (Å²) in [5.74, 6) is -0.469. The number of carbonyl (C=O) groups excluding carboxylic acids is 1. The SMILES string of the molecule is Cc1cc(C)n(Cc2cccc(CNC(=O)c3ccc(S(=O)(=O)N4CCCC4)o3)c2)n1. The van der Waals surface area contributed by atoms with Gasteiger partial charge in [0.05, 0.1) is 12.2 Å². The van der Waals surface area contributed by atoms with Crippen LogP contribution < -0.4 is 5.32 Å². The van der Waals surface area contributed by atoms with Crippen molar-refractivity contribution in [2.75, 3.05) is 13.1 Å². The Hall–Kier alpha value is -2.91. The molecule has 31 heavy (non-hydrogen) atoms. The van der Waals surface area contributed by atoms with Crippen molar-refractivity contribution in [3.8, 4) is 0 Å². The van der Waals surface area contributed by atoms with Crippen LogP contribution in [0, 0.1) is 13.8 Å². The van der Waals surface area contributed by atoms with Gasteiger partial charge in [-0.2, -0.15) is 9.40 Å². The molecule has 1 aliphatic rings. The van der Waals surface area contributed by atoms with Gasteiger partial charge in [0.2, 0.25) is 5.09 Å². The number of nitrogens with zero attached hydrogens (tertiary/aromatic N) is 3. The van der Waals surface area contributed by atoms with Gasteiger partial charge < -0.3 is 9.73 Å². The Morgan fingerprint density at radius 1 is 1.10 bits per heavy atom. The molecule has 1 N–H and O–H groups in total. The van der Waals surface area contributed by atoms with Crippen molar-refractivity contribution in [2.45, 2.75) is 44.9 Å². The third-order valence-electron chi connectivity index (χ3n) is 5.34. The maximum Gasteiger partial charge on any atom is 0.287 e. The van der Waals surface area contributed by atoms with Gasteiger partial charge >= 0.3 is 0 Å². The smallest absolute Gasteiger partial charge is 0.287 e. The Labute approximate surface area is 181 Å². The van der Waals surface area contributed by atoms with E-state index in [1.807, 2.05) is 48.9 Å². The summed E-state index contributed by atoms with van der Waals surface area (Å²) in [4.78, 5) is 12.5. The third-order valence-corrected chi connectivity index (χ3v) is 7.12. The number of sulfonamides is 1. The highest BCUT2D eigenvalue weighted by Crippen LogP contribution is 2.22. The number of aryl methyl sites for hydroxylation is 2. The van der Waals surface area contributed by atoms with E-state index in [1.165, 1.54) is 16.4 Å². The lowest BCUT2D eigenvalue weighted by molar-refractivity contribution is 0.0917. The largest absolute Gasteiger partial charge is 0.438 e. The molecule has 4 rings (SSSR count). The molecule has 0 unspecified atom stereocenters. The first-order chi connectivity index (χ1) is 14.8. The van der Waals surface area contributed by atoms with Crippen molar-refractivity contribution < 1.29 is 17.6 Å². The van der Waals surface area contributed by atoms with E-state index >= 15 is 0 Å². The van der Waals surface area contributed by atoms with Crippen LogP contribution in [0.5, 0.6) is 0 Å². The van der Waals surface area contributed by atoms with Crippen LogP contribution in [-0.4, -0.2) is 41.5 Å². The summed E-state index contributed by atoms with van der Waals surface area (Å²) in [5.41, 5.74) is 4.08. The highest BCUT2D eigenvalue weighted by atomic mass is 32.2. The summed E-state index contributed by atoms with van der Waals surface area (Å²) in [6.45, 7) is 5.91. The number of nitrogens with one attached hydrogen (secondary N) is 1. The van der Waals surface area contributed by atoms with Crippen molar-refractivity contribution in [2.24, 2.45) is 0 Å². The Morgan fingerprint density at radius 3 is 2.55 bits per heavy atom. The molecule has 0 saturated carbocycles. The topological polar surface area (TPSA) is 97.4 Å². The first kappa shape index (κ1) is 21.3. The number of benzene rings is 1. The van der Waals surface area contributed by atoms with Crippen LogP contribution in [0.4, 0.5) is 0 Å². The molecule has 1 amide bonds. The molecule has 1 saturated heterocycles. The fourth-order valence-corrected chi connectivity index (χ4v) is 5.18. The van der Waals surface area contributed by atoms with Gasteiger partial charge in [0.15, 0.2) is 5.76 Å². The number of amides is 1. The average molecular weight is 443 g/mol. The summed E-state index contributed by atoms with van der Waals surface area (Å²) in [5, 5.41) is 7.09. The minimum atomic E-state index is -3.68. The van der Waals surface area contributed by atoms with Crippen LogP contribution in [0.15, 0.2) is 52.0 Å². The molecule has 0 aliphatic carbocycles. The fourth-order valence-electron chi connectivity index (χ4n) is 3.75. The molecule has 3 aromatic rings. The first-order valence-corrected chi connectivity index (χ1v) is 11.7. The van der Waals surface area contributed by atoms with Gasteiger partial charge in [-0.3, -0.25) is 9.48 Å². The lowest BCUT2D eigenvalue weighted by Gasteiger charge is -2.12. The van der Waals surface area contributed by atoms with Crippen molar-refractivity contribution in [3.05, 3.63) is 70.7 Å². The standard InChI is InChI=1S/C22H26N4O4S/c1-16-12-17(2)26(24-16)15-19-7-5-6-18(13-19)14-23-22(27)20-8-9-21(30-20)31(28,29)25-10-3-4-11-25/h5-9,12-13H,3-4,10-11,14-15H2,1-2H3,(H,23,27). The average Bonchev–Trinajstić information content (AvgIpc) is 3.49. The number of aromatic nitrogens is 2. The third kappa shape index (κ3) is 4.72. The van der Waals surface area contributed by atoms with Gasteiger partial charge in [0.1, 0.15) is 0 Å². The van der Waals surface area contributed by atoms with Gasteiger partial charge in [-0.1, -0.05) is 24.3 Å². The molecule has 1 fully saturated rings. The van der Waals surface area contributed by atoms with Gasteiger partial charge in [-0.25, -0.2) is 8.42 Å². The molecule has 2 aromatic heterocycles. The van der Waals surface area contributed by atoms with Gasteiger partial charge in [-0.05, 0) is 56.0 Å². The summed E-state index contributed by atoms with van der Waals surface area (Å²) in [6.07, 6.45) is 1.68. The van der Waals surface area contributed by atoms with E-state index in [4.69, 9.17) is 4.42 Å². The molecule has 3 heterocycles. The molecular formula is C22H26N4O4S. The van der Waals surface area contributed by atoms with Gasteiger partial charge in [0, 0.05) is 25.3 Å². The lowest BCUT2D eigenvalue weighted by Crippen LogP contribution is -2.27. The van der Waals surface area contributed by atoms with Crippen LogP contribution in [-0.2, 0) is 23.1 Å². The molecule has 0 atom stereocenters. The molecule has 0 bridgehead atoms. The Balaban J connectivity index is 1.39. The number of rotatable bonds is 7. The van der Waals surface area contributed by atoms with Crippen LogP contribution >= 0.6 is 0 Å². The van der Waals surface area contributed by atoms with E-state index in [0.29, 0.717) is 26.2 Å². The minimum Gasteiger partial charge on any atom is -0.438 e. The number of carbonyl (C=O) groups is 1. The Kier molecular flexibility index (Phi) is 5.97. The molecule has 0 spiro atoms. The normalized spacial score (nSPS) is 14.8. The Bertz CT molecular complexity index is 1190. The molecule has 164 valence electrons. The number of furan rings is 1. The Morgan fingerprint density at radius 2 is 1.84 bits per heavy atom. The zero-order valence-electron chi connectivity index (χ0n) is 17.7. The van der Waals surface area contributed by atoms with E-state index in [-0.39, 0.29) is 10.9 Å². The quantitative estimate of drug-likeness (QED) is 0.607. The van der Waals surface area contributed by atoms with E-state index in [1.54, 1.807) is 0 Å². The number of hydrogen-bond acceptors (Lipinski definition) is 5. The molecule has 0 radical (unpaired) electrons. The van der Waals surface area contributed by atoms with E-state index in [2.05, 4.69) is 10.4 Å². The highest BCUT2D eigenvalue weighted by Gasteiger charge is 2.30. The van der Waals surface area contributed by atoms with Crippen molar-refractivity contribution in [1.82, 2.24) is 19.4 Å². The predicted octanol–water partition coefficient (Wildman–Crippen LogP) is 2.86. The monoisotopic (exact) mass is 442 g/mol. The first-order valence-electron chi connectivity index (χ1n) is 10.3. The zero-order chi connectivity index (χ0) is 22.0. The minimum absolute atomic E-state index is 0.0171. The van der Waals surface area contributed by atoms with Crippen LogP contribution in [0.25, 0.3) is 0 Å². The van der Waals surface area contributed by atoms with E-state index < -0.39 is 15.9 Å². The molecule has 9 heteroatoms. The maximum absolute atomic E-state index is 12.6. The van der Waals surface area contributed by atoms with Crippen LogP contribution in [0.3, 0.4) is 0 Å². The van der Waals surface area contributed by atoms with Crippen LogP contribution in [0.1, 0.15) is 45.9 Å². The van der Waals surface area contributed by atoms with Crippen molar-refractivity contribution >= 4 is 15.9 Å². The van der Waals surface area contributed by atoms with Crippen molar-refractivity contribution in [3.63, 3.8) is 0 Å². The summed E-state index contributed by atoms with van der Waals surface area (Å²) in [7, 11) is -3.68. The van der Waals surface area contributed by atoms with E-state index in [0.717, 1.165) is 35.4 Å². The molecular weight excluding hydrogens is 416 g/mol. The maximum atomic E-state index is 12.6. The highest BCUT2D eigenvalue weighted by molar-refractivity contribution is 7.89. The summed E-state index contributed by atoms with van der Waals surface area (Å²) < 4.78 is 33.8. The second kappa shape index (κ2) is 8.68. The second-order valence-corrected chi connectivity index (χ2v) is 9.69. The lowest BCUT2D eigenvalue weighted by atomic mass is 10.1. The number of hydrogen-bond donors (Lipinski definition) is 1. The molecule has 1 aliphatic heterocycles. The van der Waals surface area contributed by atoms with Crippen LogP contribution in [0.2, 0.25) is 0 Å².